The largest absolute Gasteiger partial charge is 0.618 e. The number of para-hydroxylation sites is 1. The molecule has 20 heavy (non-hydrogen) atoms. The smallest absolute Gasteiger partial charge is 0.224 e. The molecular formula is C16H9ClN2O. The van der Waals surface area contributed by atoms with Gasteiger partial charge in [0.1, 0.15) is 0 Å². The van der Waals surface area contributed by atoms with E-state index in [4.69, 9.17) is 11.6 Å². The van der Waals surface area contributed by atoms with Crippen molar-refractivity contribution in [2.75, 3.05) is 0 Å². The molecular weight excluding hydrogens is 272 g/mol. The highest BCUT2D eigenvalue weighted by atomic mass is 35.5. The molecule has 0 fully saturated rings. The first kappa shape index (κ1) is 11.4. The van der Waals surface area contributed by atoms with Crippen molar-refractivity contribution in [1.29, 1.82) is 0 Å². The Labute approximate surface area is 119 Å². The van der Waals surface area contributed by atoms with Gasteiger partial charge in [0.15, 0.2) is 6.20 Å². The number of aromatic nitrogens is 2. The van der Waals surface area contributed by atoms with Gasteiger partial charge in [-0.2, -0.15) is 4.73 Å². The lowest BCUT2D eigenvalue weighted by Crippen LogP contribution is -2.26. The molecule has 2 heterocycles. The Morgan fingerprint density at radius 2 is 1.90 bits per heavy atom. The van der Waals surface area contributed by atoms with Crippen LogP contribution < -0.4 is 4.73 Å². The molecule has 0 amide bonds. The fourth-order valence-corrected chi connectivity index (χ4v) is 2.82. The van der Waals surface area contributed by atoms with Crippen LogP contribution >= 0.6 is 11.6 Å². The lowest BCUT2D eigenvalue weighted by Gasteiger charge is -2.08. The average molecular weight is 281 g/mol. The van der Waals surface area contributed by atoms with Crippen LogP contribution in [0.4, 0.5) is 0 Å². The Morgan fingerprint density at radius 1 is 1.05 bits per heavy atom. The summed E-state index contributed by atoms with van der Waals surface area (Å²) in [6.45, 7) is 0. The molecule has 0 aliphatic heterocycles. The first-order valence-electron chi connectivity index (χ1n) is 6.23. The van der Waals surface area contributed by atoms with Crippen LogP contribution in [-0.2, 0) is 0 Å². The molecule has 0 saturated carbocycles. The fourth-order valence-electron chi connectivity index (χ4n) is 2.65. The van der Waals surface area contributed by atoms with Crippen LogP contribution in [0.2, 0.25) is 5.02 Å². The maximum atomic E-state index is 12.1. The highest BCUT2D eigenvalue weighted by Gasteiger charge is 2.12. The number of hydrogen-bond donors (Lipinski definition) is 0. The lowest BCUT2D eigenvalue weighted by molar-refractivity contribution is -0.575. The van der Waals surface area contributed by atoms with Crippen LogP contribution in [0.3, 0.4) is 0 Å². The van der Waals surface area contributed by atoms with E-state index < -0.39 is 0 Å². The second-order valence-electron chi connectivity index (χ2n) is 4.72. The summed E-state index contributed by atoms with van der Waals surface area (Å²) in [5.41, 5.74) is 1.52. The van der Waals surface area contributed by atoms with Crippen LogP contribution in [0.15, 0.2) is 54.9 Å². The van der Waals surface area contributed by atoms with Gasteiger partial charge in [0, 0.05) is 28.1 Å². The number of pyridine rings is 2. The van der Waals surface area contributed by atoms with Crippen molar-refractivity contribution in [2.45, 2.75) is 0 Å². The number of nitrogens with zero attached hydrogens (tertiary/aromatic N) is 2. The summed E-state index contributed by atoms with van der Waals surface area (Å²) in [6, 6.07) is 13.2. The van der Waals surface area contributed by atoms with E-state index in [1.54, 1.807) is 12.4 Å². The summed E-state index contributed by atoms with van der Waals surface area (Å²) >= 11 is 6.11. The zero-order valence-electron chi connectivity index (χ0n) is 10.4. The van der Waals surface area contributed by atoms with Gasteiger partial charge in [-0.15, -0.1) is 0 Å². The van der Waals surface area contributed by atoms with Gasteiger partial charge in [0.05, 0.1) is 16.3 Å². The average Bonchev–Trinajstić information content (AvgIpc) is 2.47. The van der Waals surface area contributed by atoms with E-state index in [-0.39, 0.29) is 0 Å². The normalized spacial score (nSPS) is 11.4. The molecule has 0 saturated heterocycles. The molecule has 3 nitrogen and oxygen atoms in total. The minimum Gasteiger partial charge on any atom is -0.618 e. The van der Waals surface area contributed by atoms with Crippen molar-refractivity contribution in [3.05, 3.63) is 65.1 Å². The van der Waals surface area contributed by atoms with Gasteiger partial charge >= 0.3 is 0 Å². The molecule has 0 unspecified atom stereocenters. The van der Waals surface area contributed by atoms with E-state index in [9.17, 15) is 5.21 Å². The van der Waals surface area contributed by atoms with Crippen molar-refractivity contribution in [3.8, 4) is 0 Å². The summed E-state index contributed by atoms with van der Waals surface area (Å²) in [4.78, 5) is 4.39. The standard InChI is InChI=1S/C16H9ClN2O/c17-11-5-6-14-13(7-11)16-10(8-18-14)9-19(20)15-4-2-1-3-12(15)16/h1-9H. The lowest BCUT2D eigenvalue weighted by atomic mass is 10.0. The van der Waals surface area contributed by atoms with Gasteiger partial charge in [-0.05, 0) is 24.3 Å². The van der Waals surface area contributed by atoms with Gasteiger partial charge in [-0.1, -0.05) is 23.7 Å². The zero-order valence-corrected chi connectivity index (χ0v) is 11.1. The molecule has 0 bridgehead atoms. The van der Waals surface area contributed by atoms with E-state index in [0.717, 1.165) is 31.8 Å². The minimum atomic E-state index is 0.646. The van der Waals surface area contributed by atoms with Crippen LogP contribution in [0.1, 0.15) is 0 Å². The number of benzene rings is 2. The topological polar surface area (TPSA) is 39.8 Å². The van der Waals surface area contributed by atoms with E-state index in [2.05, 4.69) is 4.98 Å². The van der Waals surface area contributed by atoms with Crippen molar-refractivity contribution >= 4 is 44.2 Å². The van der Waals surface area contributed by atoms with E-state index in [0.29, 0.717) is 10.5 Å². The van der Waals surface area contributed by atoms with Gasteiger partial charge in [-0.25, -0.2) is 0 Å². The van der Waals surface area contributed by atoms with Crippen LogP contribution in [0, 0.1) is 5.21 Å². The Hall–Kier alpha value is -2.39. The molecule has 2 aromatic heterocycles. The third kappa shape index (κ3) is 1.53. The molecule has 0 atom stereocenters. The maximum absolute atomic E-state index is 12.1. The van der Waals surface area contributed by atoms with Crippen molar-refractivity contribution in [1.82, 2.24) is 4.98 Å². The van der Waals surface area contributed by atoms with E-state index >= 15 is 0 Å². The summed E-state index contributed by atoms with van der Waals surface area (Å²) in [6.07, 6.45) is 3.29. The molecule has 2 aromatic carbocycles. The third-order valence-corrected chi connectivity index (χ3v) is 3.76. The second kappa shape index (κ2) is 4.05. The van der Waals surface area contributed by atoms with Crippen LogP contribution in [0.25, 0.3) is 32.6 Å². The number of fused-ring (bicyclic) bond motifs is 5. The quantitative estimate of drug-likeness (QED) is 0.279. The number of rotatable bonds is 0. The predicted molar refractivity (Wildman–Crippen MR) is 80.7 cm³/mol. The SMILES string of the molecule is [O-][n+]1cc2cnc3ccc(Cl)cc3c2c2ccccc21. The van der Waals surface area contributed by atoms with E-state index in [1.165, 1.54) is 0 Å². The summed E-state index contributed by atoms with van der Waals surface area (Å²) in [5, 5.41) is 16.4. The highest BCUT2D eigenvalue weighted by Crippen LogP contribution is 2.30. The van der Waals surface area contributed by atoms with E-state index in [1.807, 2.05) is 42.5 Å². The summed E-state index contributed by atoms with van der Waals surface area (Å²) in [7, 11) is 0. The van der Waals surface area contributed by atoms with Gasteiger partial charge in [0.2, 0.25) is 5.52 Å². The first-order chi connectivity index (χ1) is 9.74. The predicted octanol–water partition coefficient (Wildman–Crippen LogP) is 3.83. The molecule has 0 spiro atoms. The second-order valence-corrected chi connectivity index (χ2v) is 5.16. The molecule has 4 heteroatoms. The third-order valence-electron chi connectivity index (χ3n) is 3.53. The molecule has 0 radical (unpaired) electrons. The highest BCUT2D eigenvalue weighted by molar-refractivity contribution is 6.32. The Bertz CT molecular complexity index is 977. The first-order valence-corrected chi connectivity index (χ1v) is 6.61. The molecule has 4 aromatic rings. The summed E-state index contributed by atoms with van der Waals surface area (Å²) < 4.78 is 0.885. The number of halogens is 1. The maximum Gasteiger partial charge on any atom is 0.224 e. The Kier molecular flexibility index (Phi) is 2.32. The van der Waals surface area contributed by atoms with Gasteiger partial charge in [-0.3, -0.25) is 4.98 Å². The van der Waals surface area contributed by atoms with Crippen molar-refractivity contribution in [2.24, 2.45) is 0 Å². The molecule has 0 aliphatic rings. The summed E-state index contributed by atoms with van der Waals surface area (Å²) in [5.74, 6) is 0. The molecule has 0 N–H and O–H groups in total. The van der Waals surface area contributed by atoms with Crippen molar-refractivity contribution < 1.29 is 4.73 Å². The zero-order chi connectivity index (χ0) is 13.7. The molecule has 4 rings (SSSR count). The monoisotopic (exact) mass is 280 g/mol. The molecule has 0 aliphatic carbocycles. The minimum absolute atomic E-state index is 0.646. The Balaban J connectivity index is 2.37. The molecule has 96 valence electrons. The Morgan fingerprint density at radius 3 is 2.80 bits per heavy atom. The van der Waals surface area contributed by atoms with Gasteiger partial charge in [0.25, 0.3) is 0 Å². The van der Waals surface area contributed by atoms with Crippen molar-refractivity contribution in [3.63, 3.8) is 0 Å². The number of hydrogen-bond acceptors (Lipinski definition) is 2. The fraction of sp³-hybridized carbons (Fsp3) is 0. The van der Waals surface area contributed by atoms with Crippen LogP contribution in [-0.4, -0.2) is 4.98 Å². The van der Waals surface area contributed by atoms with Gasteiger partial charge < -0.3 is 5.21 Å². The van der Waals surface area contributed by atoms with Crippen LogP contribution in [0.5, 0.6) is 0 Å².